The molecule has 0 radical (unpaired) electrons. The van der Waals surface area contributed by atoms with Crippen molar-refractivity contribution in [1.29, 1.82) is 0 Å². The Bertz CT molecular complexity index is 1790. The lowest BCUT2D eigenvalue weighted by Crippen LogP contribution is -2.52. The number of carbonyl (C=O) groups is 3. The number of carbonyl (C=O) groups excluding carboxylic acids is 3. The summed E-state index contributed by atoms with van der Waals surface area (Å²) in [5.41, 5.74) is 8.25. The number of hydrogen-bond donors (Lipinski definition) is 2. The molecule has 0 spiro atoms. The molecule has 4 heterocycles. The smallest absolute Gasteiger partial charge is 0.255 e. The largest absolute Gasteiger partial charge is 0.508 e. The van der Waals surface area contributed by atoms with Crippen molar-refractivity contribution in [1.82, 2.24) is 15.1 Å². The van der Waals surface area contributed by atoms with Gasteiger partial charge in [-0.1, -0.05) is 32.0 Å². The van der Waals surface area contributed by atoms with E-state index in [9.17, 15) is 19.5 Å². The summed E-state index contributed by atoms with van der Waals surface area (Å²) >= 11 is 0. The van der Waals surface area contributed by atoms with Gasteiger partial charge in [-0.2, -0.15) is 0 Å². The Balaban J connectivity index is 0.823. The Labute approximate surface area is 295 Å². The third kappa shape index (κ3) is 6.25. The molecule has 3 fully saturated rings. The van der Waals surface area contributed by atoms with E-state index in [0.29, 0.717) is 36.1 Å². The Morgan fingerprint density at radius 2 is 1.50 bits per heavy atom. The van der Waals surface area contributed by atoms with Crippen LogP contribution in [0, 0.1) is 11.3 Å². The molecule has 4 aliphatic heterocycles. The van der Waals surface area contributed by atoms with Crippen molar-refractivity contribution < 1.29 is 19.5 Å². The van der Waals surface area contributed by atoms with E-state index in [4.69, 9.17) is 0 Å². The number of phenols is 1. The highest BCUT2D eigenvalue weighted by Gasteiger charge is 2.40. The van der Waals surface area contributed by atoms with E-state index in [2.05, 4.69) is 70.3 Å². The number of imide groups is 1. The molecule has 0 unspecified atom stereocenters. The second-order valence-corrected chi connectivity index (χ2v) is 15.9. The first kappa shape index (κ1) is 32.8. The first-order chi connectivity index (χ1) is 24.1. The molecule has 3 aromatic carbocycles. The summed E-state index contributed by atoms with van der Waals surface area (Å²) < 4.78 is 0. The second-order valence-electron chi connectivity index (χ2n) is 15.9. The molecule has 3 amide bonds. The van der Waals surface area contributed by atoms with Crippen LogP contribution in [-0.4, -0.2) is 84.5 Å². The summed E-state index contributed by atoms with van der Waals surface area (Å²) in [7, 11) is 0. The number of anilines is 2. The number of aromatic hydroxyl groups is 1. The fourth-order valence-electron chi connectivity index (χ4n) is 9.31. The van der Waals surface area contributed by atoms with Crippen molar-refractivity contribution in [2.75, 3.05) is 55.6 Å². The van der Waals surface area contributed by atoms with E-state index in [1.54, 1.807) is 4.90 Å². The Morgan fingerprint density at radius 3 is 2.24 bits per heavy atom. The van der Waals surface area contributed by atoms with Crippen molar-refractivity contribution in [2.45, 2.75) is 70.9 Å². The SMILES string of the molecule is CC1(C)CCc2cc(O)ccc2[C@@H]1c1ccc(N2CCC(CN3CCN(c4ccc5c(c4)CN([C@@H]4CCC(=O)NC4=O)C5=O)CC3)CC2)cc1. The van der Waals surface area contributed by atoms with Gasteiger partial charge in [-0.3, -0.25) is 24.6 Å². The van der Waals surface area contributed by atoms with Crippen LogP contribution in [0.2, 0.25) is 0 Å². The highest BCUT2D eigenvalue weighted by Crippen LogP contribution is 2.49. The van der Waals surface area contributed by atoms with Crippen LogP contribution >= 0.6 is 0 Å². The van der Waals surface area contributed by atoms with Gasteiger partial charge in [0.2, 0.25) is 11.8 Å². The first-order valence-corrected chi connectivity index (χ1v) is 18.5. The zero-order valence-electron chi connectivity index (χ0n) is 29.4. The maximum Gasteiger partial charge on any atom is 0.255 e. The van der Waals surface area contributed by atoms with Crippen LogP contribution in [0.5, 0.6) is 5.75 Å². The Morgan fingerprint density at radius 1 is 0.780 bits per heavy atom. The number of piperidine rings is 2. The third-order valence-electron chi connectivity index (χ3n) is 12.2. The summed E-state index contributed by atoms with van der Waals surface area (Å²) in [6, 6.07) is 20.7. The number of phenolic OH excluding ortho intramolecular Hbond substituents is 1. The van der Waals surface area contributed by atoms with Gasteiger partial charge in [-0.25, -0.2) is 0 Å². The average Bonchev–Trinajstić information content (AvgIpc) is 3.44. The normalized spacial score (nSPS) is 24.3. The lowest BCUT2D eigenvalue weighted by Gasteiger charge is -2.41. The van der Waals surface area contributed by atoms with E-state index in [1.807, 2.05) is 24.3 Å². The van der Waals surface area contributed by atoms with E-state index >= 15 is 0 Å². The van der Waals surface area contributed by atoms with Gasteiger partial charge in [0.05, 0.1) is 0 Å². The highest BCUT2D eigenvalue weighted by atomic mass is 16.3. The zero-order chi connectivity index (χ0) is 34.6. The average molecular weight is 676 g/mol. The number of aryl methyl sites for hydroxylation is 1. The van der Waals surface area contributed by atoms with Gasteiger partial charge < -0.3 is 19.8 Å². The summed E-state index contributed by atoms with van der Waals surface area (Å²) in [4.78, 5) is 46.4. The minimum Gasteiger partial charge on any atom is -0.508 e. The van der Waals surface area contributed by atoms with Gasteiger partial charge >= 0.3 is 0 Å². The molecule has 0 saturated carbocycles. The van der Waals surface area contributed by atoms with E-state index in [-0.39, 0.29) is 29.6 Å². The molecule has 2 atom stereocenters. The van der Waals surface area contributed by atoms with E-state index < -0.39 is 6.04 Å². The molecular formula is C41H49N5O4. The van der Waals surface area contributed by atoms with Crippen molar-refractivity contribution in [3.63, 3.8) is 0 Å². The number of amides is 3. The molecule has 8 rings (SSSR count). The van der Waals surface area contributed by atoms with Crippen LogP contribution < -0.4 is 15.1 Å². The monoisotopic (exact) mass is 675 g/mol. The van der Waals surface area contributed by atoms with Gasteiger partial charge in [-0.15, -0.1) is 0 Å². The third-order valence-corrected chi connectivity index (χ3v) is 12.2. The van der Waals surface area contributed by atoms with Crippen LogP contribution in [0.15, 0.2) is 60.7 Å². The maximum atomic E-state index is 13.1. The van der Waals surface area contributed by atoms with Crippen molar-refractivity contribution in [3.8, 4) is 5.75 Å². The molecule has 0 aromatic heterocycles. The number of piperazine rings is 1. The standard InChI is InChI=1S/C41H49N5O4/c1-41(2)16-13-29-24-33(47)8-10-34(29)38(41)28-3-5-31(6-4-28)44-17-14-27(15-18-44)25-43-19-21-45(22-20-43)32-7-9-35-30(23-32)26-46(40(35)50)36-11-12-37(48)42-39(36)49/h3-10,23-24,27,36,38,47H,11-22,25-26H2,1-2H3,(H,42,48,49)/t36-,38+/m1/s1. The quantitative estimate of drug-likeness (QED) is 0.343. The Kier molecular flexibility index (Phi) is 8.58. The second kappa shape index (κ2) is 13.1. The fourth-order valence-corrected chi connectivity index (χ4v) is 9.31. The molecule has 0 bridgehead atoms. The molecule has 50 heavy (non-hydrogen) atoms. The molecule has 3 saturated heterocycles. The molecule has 9 heteroatoms. The van der Waals surface area contributed by atoms with Gasteiger partial charge in [0.15, 0.2) is 0 Å². The Hall–Kier alpha value is -4.37. The molecule has 262 valence electrons. The zero-order valence-corrected chi connectivity index (χ0v) is 29.4. The molecular weight excluding hydrogens is 626 g/mol. The topological polar surface area (TPSA) is 96.4 Å². The minimum absolute atomic E-state index is 0.119. The highest BCUT2D eigenvalue weighted by molar-refractivity contribution is 6.05. The lowest BCUT2D eigenvalue weighted by atomic mass is 9.63. The van der Waals surface area contributed by atoms with Gasteiger partial charge in [-0.05, 0) is 108 Å². The van der Waals surface area contributed by atoms with Crippen LogP contribution in [0.1, 0.15) is 84.5 Å². The molecule has 1 aliphatic carbocycles. The van der Waals surface area contributed by atoms with Gasteiger partial charge in [0.1, 0.15) is 11.8 Å². The minimum atomic E-state index is -0.581. The van der Waals surface area contributed by atoms with Crippen LogP contribution in [-0.2, 0) is 22.6 Å². The summed E-state index contributed by atoms with van der Waals surface area (Å²) in [6.07, 6.45) is 5.19. The lowest BCUT2D eigenvalue weighted by molar-refractivity contribution is -0.136. The van der Waals surface area contributed by atoms with Crippen LogP contribution in [0.25, 0.3) is 0 Å². The van der Waals surface area contributed by atoms with Crippen molar-refractivity contribution in [2.24, 2.45) is 11.3 Å². The number of nitrogens with zero attached hydrogens (tertiary/aromatic N) is 4. The van der Waals surface area contributed by atoms with Crippen molar-refractivity contribution >= 4 is 29.1 Å². The molecule has 3 aromatic rings. The summed E-state index contributed by atoms with van der Waals surface area (Å²) in [5.74, 6) is 0.643. The number of benzene rings is 3. The number of hydrogen-bond acceptors (Lipinski definition) is 7. The van der Waals surface area contributed by atoms with Crippen LogP contribution in [0.3, 0.4) is 0 Å². The summed E-state index contributed by atoms with van der Waals surface area (Å²) in [5, 5.41) is 12.5. The molecule has 2 N–H and O–H groups in total. The fraction of sp³-hybridized carbons (Fsp3) is 0.488. The number of rotatable bonds is 6. The number of nitrogens with one attached hydrogen (secondary N) is 1. The predicted octanol–water partition coefficient (Wildman–Crippen LogP) is 5.30. The number of fused-ring (bicyclic) bond motifs is 2. The maximum absolute atomic E-state index is 13.1. The predicted molar refractivity (Wildman–Crippen MR) is 195 cm³/mol. The molecule has 5 aliphatic rings. The first-order valence-electron chi connectivity index (χ1n) is 18.5. The van der Waals surface area contributed by atoms with Gasteiger partial charge in [0, 0.05) is 81.6 Å². The summed E-state index contributed by atoms with van der Waals surface area (Å²) in [6.45, 7) is 12.5. The molecule has 9 nitrogen and oxygen atoms in total. The van der Waals surface area contributed by atoms with Gasteiger partial charge in [0.25, 0.3) is 5.91 Å². The van der Waals surface area contributed by atoms with Crippen molar-refractivity contribution in [3.05, 3.63) is 88.5 Å². The van der Waals surface area contributed by atoms with E-state index in [1.165, 1.54) is 35.2 Å². The van der Waals surface area contributed by atoms with Crippen LogP contribution in [0.4, 0.5) is 11.4 Å². The van der Waals surface area contributed by atoms with E-state index in [0.717, 1.165) is 69.9 Å².